The predicted molar refractivity (Wildman–Crippen MR) is 74.1 cm³/mol. The first kappa shape index (κ1) is 14.5. The molecule has 0 unspecified atom stereocenters. The number of aryl methyl sites for hydroxylation is 1. The number of hydrogen-bond acceptors (Lipinski definition) is 3. The summed E-state index contributed by atoms with van der Waals surface area (Å²) in [5, 5.41) is 5.84. The molecule has 100 valence electrons. The van der Waals surface area contributed by atoms with E-state index in [9.17, 15) is 4.79 Å². The molecule has 0 fully saturated rings. The Morgan fingerprint density at radius 3 is 2.67 bits per heavy atom. The van der Waals surface area contributed by atoms with Crippen molar-refractivity contribution >= 4 is 11.6 Å². The molecule has 0 atom stereocenters. The highest BCUT2D eigenvalue weighted by Gasteiger charge is 2.06. The van der Waals surface area contributed by atoms with Gasteiger partial charge < -0.3 is 15.4 Å². The van der Waals surface area contributed by atoms with E-state index in [0.29, 0.717) is 13.0 Å². The van der Waals surface area contributed by atoms with E-state index in [1.165, 1.54) is 0 Å². The molecule has 4 heteroatoms. The SMILES string of the molecule is CNCCC(=O)Nc1ccc(OC(C)C)cc1C. The van der Waals surface area contributed by atoms with Crippen molar-refractivity contribution in [3.05, 3.63) is 23.8 Å². The van der Waals surface area contributed by atoms with Crippen LogP contribution in [0.1, 0.15) is 25.8 Å². The summed E-state index contributed by atoms with van der Waals surface area (Å²) in [5.41, 5.74) is 1.85. The first-order chi connectivity index (χ1) is 8.52. The van der Waals surface area contributed by atoms with Gasteiger partial charge in [-0.05, 0) is 51.6 Å². The highest BCUT2D eigenvalue weighted by atomic mass is 16.5. The normalized spacial score (nSPS) is 10.5. The maximum absolute atomic E-state index is 11.6. The van der Waals surface area contributed by atoms with Gasteiger partial charge in [0.15, 0.2) is 0 Å². The number of amides is 1. The van der Waals surface area contributed by atoms with E-state index >= 15 is 0 Å². The molecule has 0 aromatic heterocycles. The Labute approximate surface area is 109 Å². The molecule has 18 heavy (non-hydrogen) atoms. The average molecular weight is 250 g/mol. The van der Waals surface area contributed by atoms with Crippen molar-refractivity contribution in [2.75, 3.05) is 18.9 Å². The zero-order chi connectivity index (χ0) is 13.5. The molecule has 1 aromatic rings. The van der Waals surface area contributed by atoms with Gasteiger partial charge in [0, 0.05) is 18.7 Å². The summed E-state index contributed by atoms with van der Waals surface area (Å²) in [6.45, 7) is 6.62. The molecule has 0 saturated heterocycles. The Bertz CT molecular complexity index is 403. The van der Waals surface area contributed by atoms with Gasteiger partial charge in [-0.3, -0.25) is 4.79 Å². The van der Waals surface area contributed by atoms with Gasteiger partial charge in [0.1, 0.15) is 5.75 Å². The minimum absolute atomic E-state index is 0.0185. The molecule has 1 aromatic carbocycles. The standard InChI is InChI=1S/C14H22N2O2/c1-10(2)18-12-5-6-13(11(3)9-12)16-14(17)7-8-15-4/h5-6,9-10,15H,7-8H2,1-4H3,(H,16,17). The third kappa shape index (κ3) is 4.75. The monoisotopic (exact) mass is 250 g/mol. The summed E-state index contributed by atoms with van der Waals surface area (Å²) in [6, 6.07) is 5.69. The number of carbonyl (C=O) groups is 1. The van der Waals surface area contributed by atoms with E-state index in [1.807, 2.05) is 46.0 Å². The lowest BCUT2D eigenvalue weighted by Gasteiger charge is -2.13. The van der Waals surface area contributed by atoms with Crippen LogP contribution >= 0.6 is 0 Å². The number of anilines is 1. The molecule has 0 aliphatic heterocycles. The van der Waals surface area contributed by atoms with Crippen molar-refractivity contribution < 1.29 is 9.53 Å². The van der Waals surface area contributed by atoms with Crippen LogP contribution < -0.4 is 15.4 Å². The third-order valence-electron chi connectivity index (χ3n) is 2.45. The third-order valence-corrected chi connectivity index (χ3v) is 2.45. The predicted octanol–water partition coefficient (Wildman–Crippen LogP) is 2.33. The second-order valence-corrected chi connectivity index (χ2v) is 4.55. The topological polar surface area (TPSA) is 50.4 Å². The van der Waals surface area contributed by atoms with Crippen molar-refractivity contribution in [3.63, 3.8) is 0 Å². The zero-order valence-electron chi connectivity index (χ0n) is 11.5. The average Bonchev–Trinajstić information content (AvgIpc) is 2.29. The van der Waals surface area contributed by atoms with Crippen LogP contribution in [0.5, 0.6) is 5.75 Å². The summed E-state index contributed by atoms with van der Waals surface area (Å²) in [4.78, 5) is 11.6. The van der Waals surface area contributed by atoms with E-state index in [0.717, 1.165) is 17.0 Å². The van der Waals surface area contributed by atoms with Gasteiger partial charge in [-0.1, -0.05) is 0 Å². The van der Waals surface area contributed by atoms with Crippen LogP contribution in [-0.2, 0) is 4.79 Å². The highest BCUT2D eigenvalue weighted by Crippen LogP contribution is 2.22. The van der Waals surface area contributed by atoms with Gasteiger partial charge in [0.25, 0.3) is 0 Å². The summed E-state index contributed by atoms with van der Waals surface area (Å²) in [5.74, 6) is 0.848. The van der Waals surface area contributed by atoms with Crippen molar-refractivity contribution in [1.29, 1.82) is 0 Å². The molecule has 0 spiro atoms. The molecular weight excluding hydrogens is 228 g/mol. The number of carbonyl (C=O) groups excluding carboxylic acids is 1. The first-order valence-corrected chi connectivity index (χ1v) is 6.24. The number of rotatable bonds is 6. The van der Waals surface area contributed by atoms with Crippen LogP contribution in [0.2, 0.25) is 0 Å². The molecule has 0 aliphatic carbocycles. The number of ether oxygens (including phenoxy) is 1. The smallest absolute Gasteiger partial charge is 0.225 e. The van der Waals surface area contributed by atoms with Gasteiger partial charge >= 0.3 is 0 Å². The Balaban J connectivity index is 2.64. The van der Waals surface area contributed by atoms with Gasteiger partial charge in [0.05, 0.1) is 6.10 Å². The second-order valence-electron chi connectivity index (χ2n) is 4.55. The fraction of sp³-hybridized carbons (Fsp3) is 0.500. The lowest BCUT2D eigenvalue weighted by atomic mass is 10.2. The zero-order valence-corrected chi connectivity index (χ0v) is 11.5. The van der Waals surface area contributed by atoms with E-state index in [1.54, 1.807) is 0 Å². The Kier molecular flexibility index (Phi) is 5.65. The Morgan fingerprint density at radius 1 is 1.39 bits per heavy atom. The molecule has 1 amide bonds. The number of nitrogens with one attached hydrogen (secondary N) is 2. The summed E-state index contributed by atoms with van der Waals surface area (Å²) >= 11 is 0. The van der Waals surface area contributed by atoms with E-state index in [2.05, 4.69) is 10.6 Å². The van der Waals surface area contributed by atoms with Crippen molar-refractivity contribution in [3.8, 4) is 5.75 Å². The van der Waals surface area contributed by atoms with E-state index < -0.39 is 0 Å². The molecule has 4 nitrogen and oxygen atoms in total. The van der Waals surface area contributed by atoms with Crippen LogP contribution in [0.4, 0.5) is 5.69 Å². The number of hydrogen-bond donors (Lipinski definition) is 2. The molecular formula is C14H22N2O2. The van der Waals surface area contributed by atoms with E-state index in [-0.39, 0.29) is 12.0 Å². The molecule has 0 aliphatic rings. The minimum atomic E-state index is 0.0185. The van der Waals surface area contributed by atoms with Gasteiger partial charge in [-0.15, -0.1) is 0 Å². The molecule has 0 saturated carbocycles. The second kappa shape index (κ2) is 7.01. The van der Waals surface area contributed by atoms with Crippen molar-refractivity contribution in [2.24, 2.45) is 0 Å². The number of benzene rings is 1. The first-order valence-electron chi connectivity index (χ1n) is 6.24. The minimum Gasteiger partial charge on any atom is -0.491 e. The fourth-order valence-electron chi connectivity index (χ4n) is 1.57. The quantitative estimate of drug-likeness (QED) is 0.814. The van der Waals surface area contributed by atoms with Crippen molar-refractivity contribution in [1.82, 2.24) is 5.32 Å². The van der Waals surface area contributed by atoms with Crippen LogP contribution in [0.25, 0.3) is 0 Å². The lowest BCUT2D eigenvalue weighted by Crippen LogP contribution is -2.19. The highest BCUT2D eigenvalue weighted by molar-refractivity contribution is 5.91. The van der Waals surface area contributed by atoms with Crippen LogP contribution in [0.3, 0.4) is 0 Å². The molecule has 0 heterocycles. The van der Waals surface area contributed by atoms with Gasteiger partial charge in [-0.2, -0.15) is 0 Å². The Hall–Kier alpha value is -1.55. The van der Waals surface area contributed by atoms with Gasteiger partial charge in [-0.25, -0.2) is 0 Å². The summed E-state index contributed by atoms with van der Waals surface area (Å²) < 4.78 is 5.60. The summed E-state index contributed by atoms with van der Waals surface area (Å²) in [6.07, 6.45) is 0.626. The van der Waals surface area contributed by atoms with Crippen LogP contribution in [-0.4, -0.2) is 25.6 Å². The molecule has 0 bridgehead atoms. The van der Waals surface area contributed by atoms with Crippen molar-refractivity contribution in [2.45, 2.75) is 33.3 Å². The maximum atomic E-state index is 11.6. The lowest BCUT2D eigenvalue weighted by molar-refractivity contribution is -0.116. The Morgan fingerprint density at radius 2 is 2.11 bits per heavy atom. The molecule has 2 N–H and O–H groups in total. The fourth-order valence-corrected chi connectivity index (χ4v) is 1.57. The largest absolute Gasteiger partial charge is 0.491 e. The van der Waals surface area contributed by atoms with Crippen LogP contribution in [0.15, 0.2) is 18.2 Å². The van der Waals surface area contributed by atoms with Gasteiger partial charge in [0.2, 0.25) is 5.91 Å². The summed E-state index contributed by atoms with van der Waals surface area (Å²) in [7, 11) is 1.83. The van der Waals surface area contributed by atoms with Crippen LogP contribution in [0, 0.1) is 6.92 Å². The van der Waals surface area contributed by atoms with E-state index in [4.69, 9.17) is 4.74 Å². The molecule has 0 radical (unpaired) electrons. The molecule has 1 rings (SSSR count). The maximum Gasteiger partial charge on any atom is 0.225 e.